The molecule has 0 radical (unpaired) electrons. The SMILES string of the molecule is C=C/C(=C(Cl)\C(Cl)=C/C)c1c(C)nc(N2CCC3(CC2)CC(F)(F)C[C@H]3N)nc1C(N)=O. The van der Waals surface area contributed by atoms with Gasteiger partial charge in [0.1, 0.15) is 5.69 Å². The number of nitrogens with two attached hydrogens (primary N) is 2. The molecule has 3 rings (SSSR count). The van der Waals surface area contributed by atoms with Crippen LogP contribution < -0.4 is 16.4 Å². The minimum Gasteiger partial charge on any atom is -0.364 e. The third-order valence-corrected chi connectivity index (χ3v) is 7.35. The molecule has 1 aliphatic heterocycles. The smallest absolute Gasteiger partial charge is 0.268 e. The minimum atomic E-state index is -2.73. The monoisotopic (exact) mass is 485 g/mol. The largest absolute Gasteiger partial charge is 0.364 e. The molecule has 2 fully saturated rings. The number of hydrogen-bond donors (Lipinski definition) is 2. The van der Waals surface area contributed by atoms with Crippen LogP contribution in [-0.4, -0.2) is 40.9 Å². The van der Waals surface area contributed by atoms with Gasteiger partial charge in [-0.15, -0.1) is 0 Å². The highest BCUT2D eigenvalue weighted by molar-refractivity contribution is 6.46. The molecule has 2 heterocycles. The van der Waals surface area contributed by atoms with Crippen LogP contribution in [0.1, 0.15) is 54.4 Å². The average Bonchev–Trinajstić information content (AvgIpc) is 2.96. The topological polar surface area (TPSA) is 98.1 Å². The summed E-state index contributed by atoms with van der Waals surface area (Å²) in [5.74, 6) is -3.17. The summed E-state index contributed by atoms with van der Waals surface area (Å²) in [6, 6.07) is -0.537. The molecule has 1 aromatic rings. The lowest BCUT2D eigenvalue weighted by atomic mass is 9.74. The van der Waals surface area contributed by atoms with Crippen molar-refractivity contribution < 1.29 is 13.6 Å². The maximum absolute atomic E-state index is 13.9. The van der Waals surface area contributed by atoms with E-state index in [1.807, 2.05) is 4.90 Å². The molecule has 1 amide bonds. The van der Waals surface area contributed by atoms with E-state index in [1.54, 1.807) is 19.9 Å². The summed E-state index contributed by atoms with van der Waals surface area (Å²) in [6.07, 6.45) is 3.61. The van der Waals surface area contributed by atoms with Crippen molar-refractivity contribution >= 4 is 40.6 Å². The van der Waals surface area contributed by atoms with E-state index in [-0.39, 0.29) is 28.6 Å². The Labute approximate surface area is 196 Å². The Morgan fingerprint density at radius 1 is 1.28 bits per heavy atom. The maximum Gasteiger partial charge on any atom is 0.268 e. The Morgan fingerprint density at radius 3 is 2.38 bits per heavy atom. The third kappa shape index (κ3) is 4.54. The van der Waals surface area contributed by atoms with Crippen LogP contribution in [0.3, 0.4) is 0 Å². The number of carbonyl (C=O) groups is 1. The van der Waals surface area contributed by atoms with Gasteiger partial charge in [0.2, 0.25) is 11.9 Å². The summed E-state index contributed by atoms with van der Waals surface area (Å²) in [7, 11) is 0. The van der Waals surface area contributed by atoms with E-state index in [9.17, 15) is 13.6 Å². The lowest BCUT2D eigenvalue weighted by Crippen LogP contribution is -2.47. The first-order valence-electron chi connectivity index (χ1n) is 10.4. The number of carbonyl (C=O) groups excluding carboxylic acids is 1. The van der Waals surface area contributed by atoms with E-state index in [2.05, 4.69) is 16.5 Å². The highest BCUT2D eigenvalue weighted by atomic mass is 35.5. The standard InChI is InChI=1S/C22H27Cl2F2N5O/c1-4-13(17(24)14(23)5-2)16-12(3)29-20(30-18(16)19(28)32)31-8-6-21(7-9-31)11-22(25,26)10-15(21)27/h4-5,15H,1,6-11,27H2,2-3H3,(H2,28,32)/b14-5+,17-13-/t15-/m1/s1. The van der Waals surface area contributed by atoms with Crippen LogP contribution in [0.4, 0.5) is 14.7 Å². The van der Waals surface area contributed by atoms with Crippen molar-refractivity contribution in [2.75, 3.05) is 18.0 Å². The van der Waals surface area contributed by atoms with Gasteiger partial charge in [-0.1, -0.05) is 41.9 Å². The number of alkyl halides is 2. The van der Waals surface area contributed by atoms with Gasteiger partial charge in [-0.3, -0.25) is 4.79 Å². The molecule has 1 atom stereocenters. The van der Waals surface area contributed by atoms with Gasteiger partial charge < -0.3 is 16.4 Å². The molecule has 32 heavy (non-hydrogen) atoms. The zero-order chi connectivity index (χ0) is 23.8. The fourth-order valence-electron chi connectivity index (χ4n) is 4.71. The Morgan fingerprint density at radius 2 is 1.91 bits per heavy atom. The molecule has 0 unspecified atom stereocenters. The highest BCUT2D eigenvalue weighted by Gasteiger charge is 2.55. The van der Waals surface area contributed by atoms with E-state index < -0.39 is 23.3 Å². The summed E-state index contributed by atoms with van der Waals surface area (Å²) < 4.78 is 27.9. The van der Waals surface area contributed by atoms with E-state index in [0.717, 1.165) is 0 Å². The quantitative estimate of drug-likeness (QED) is 0.597. The van der Waals surface area contributed by atoms with E-state index in [1.165, 1.54) is 6.08 Å². The molecule has 1 saturated heterocycles. The van der Waals surface area contributed by atoms with Crippen molar-refractivity contribution in [3.8, 4) is 0 Å². The zero-order valence-corrected chi connectivity index (χ0v) is 19.6. The van der Waals surface area contributed by atoms with Crippen LogP contribution in [0, 0.1) is 12.3 Å². The predicted octanol–water partition coefficient (Wildman–Crippen LogP) is 4.51. The van der Waals surface area contributed by atoms with Crippen molar-refractivity contribution in [2.45, 2.75) is 51.5 Å². The van der Waals surface area contributed by atoms with Crippen molar-refractivity contribution in [1.82, 2.24) is 9.97 Å². The molecule has 6 nitrogen and oxygen atoms in total. The second-order valence-electron chi connectivity index (χ2n) is 8.46. The number of halogens is 4. The average molecular weight is 486 g/mol. The predicted molar refractivity (Wildman–Crippen MR) is 124 cm³/mol. The molecule has 1 spiro atoms. The molecular weight excluding hydrogens is 459 g/mol. The Bertz CT molecular complexity index is 1000. The van der Waals surface area contributed by atoms with Gasteiger partial charge in [-0.05, 0) is 32.1 Å². The molecule has 2 aliphatic rings. The van der Waals surface area contributed by atoms with Crippen molar-refractivity contribution in [3.63, 3.8) is 0 Å². The van der Waals surface area contributed by atoms with Gasteiger partial charge in [-0.2, -0.15) is 0 Å². The number of allylic oxidation sites excluding steroid dienone is 5. The Kier molecular flexibility index (Phi) is 6.98. The molecule has 4 N–H and O–H groups in total. The van der Waals surface area contributed by atoms with Gasteiger partial charge in [0.25, 0.3) is 5.91 Å². The van der Waals surface area contributed by atoms with E-state index in [4.69, 9.17) is 34.7 Å². The molecule has 174 valence electrons. The third-order valence-electron chi connectivity index (χ3n) is 6.44. The zero-order valence-electron chi connectivity index (χ0n) is 18.1. The number of nitrogens with zero attached hydrogens (tertiary/aromatic N) is 3. The van der Waals surface area contributed by atoms with Gasteiger partial charge in [-0.25, -0.2) is 18.7 Å². The minimum absolute atomic E-state index is 0.00879. The first kappa shape index (κ1) is 24.6. The number of piperidine rings is 1. The van der Waals surface area contributed by atoms with Crippen LogP contribution in [0.5, 0.6) is 0 Å². The lowest BCUT2D eigenvalue weighted by molar-refractivity contribution is -0.00686. The number of rotatable bonds is 5. The second kappa shape index (κ2) is 9.08. The van der Waals surface area contributed by atoms with Crippen LogP contribution in [0.25, 0.3) is 5.57 Å². The summed E-state index contributed by atoms with van der Waals surface area (Å²) >= 11 is 12.6. The molecule has 1 saturated carbocycles. The summed E-state index contributed by atoms with van der Waals surface area (Å²) in [6.45, 7) is 8.11. The Hall–Kier alpha value is -2.03. The van der Waals surface area contributed by atoms with E-state index in [0.29, 0.717) is 48.7 Å². The van der Waals surface area contributed by atoms with Crippen molar-refractivity contribution in [2.24, 2.45) is 16.9 Å². The van der Waals surface area contributed by atoms with Crippen LogP contribution in [0.2, 0.25) is 0 Å². The molecule has 1 aliphatic carbocycles. The van der Waals surface area contributed by atoms with Crippen LogP contribution >= 0.6 is 23.2 Å². The molecule has 0 aromatic carbocycles. The van der Waals surface area contributed by atoms with Gasteiger partial charge >= 0.3 is 0 Å². The van der Waals surface area contributed by atoms with Crippen molar-refractivity contribution in [1.29, 1.82) is 0 Å². The van der Waals surface area contributed by atoms with Crippen molar-refractivity contribution in [3.05, 3.63) is 45.7 Å². The van der Waals surface area contributed by atoms with Gasteiger partial charge in [0.05, 0.1) is 15.8 Å². The number of hydrogen-bond acceptors (Lipinski definition) is 5. The molecular formula is C22H27Cl2F2N5O. The lowest BCUT2D eigenvalue weighted by Gasteiger charge is -2.41. The first-order valence-corrected chi connectivity index (χ1v) is 11.1. The van der Waals surface area contributed by atoms with Gasteiger partial charge in [0, 0.05) is 43.1 Å². The molecule has 1 aromatic heterocycles. The number of aromatic nitrogens is 2. The fraction of sp³-hybridized carbons (Fsp3) is 0.500. The van der Waals surface area contributed by atoms with Crippen LogP contribution in [-0.2, 0) is 0 Å². The second-order valence-corrected chi connectivity index (χ2v) is 9.24. The normalized spacial score (nSPS) is 23.3. The number of primary amides is 1. The Balaban J connectivity index is 1.96. The molecule has 10 heteroatoms. The number of anilines is 1. The summed E-state index contributed by atoms with van der Waals surface area (Å²) in [5.41, 5.74) is 12.3. The number of aryl methyl sites for hydroxylation is 1. The fourth-order valence-corrected chi connectivity index (χ4v) is 5.10. The highest BCUT2D eigenvalue weighted by Crippen LogP contribution is 2.52. The first-order chi connectivity index (χ1) is 14.9. The van der Waals surface area contributed by atoms with Gasteiger partial charge in [0.15, 0.2) is 0 Å². The van der Waals surface area contributed by atoms with Crippen LogP contribution in [0.15, 0.2) is 28.8 Å². The number of amides is 1. The molecule has 0 bridgehead atoms. The summed E-state index contributed by atoms with van der Waals surface area (Å²) in [4.78, 5) is 23.1. The van der Waals surface area contributed by atoms with E-state index >= 15 is 0 Å². The maximum atomic E-state index is 13.9. The summed E-state index contributed by atoms with van der Waals surface area (Å²) in [5, 5.41) is 0.480.